The third-order valence-corrected chi connectivity index (χ3v) is 9.36. The van der Waals surface area contributed by atoms with Crippen molar-refractivity contribution in [3.63, 3.8) is 0 Å². The van der Waals surface area contributed by atoms with Crippen LogP contribution in [0.25, 0.3) is 11.3 Å². The summed E-state index contributed by atoms with van der Waals surface area (Å²) in [6.45, 7) is 5.97. The number of hydrogen-bond donors (Lipinski definition) is 1. The predicted molar refractivity (Wildman–Crippen MR) is 177 cm³/mol. The van der Waals surface area contributed by atoms with Crippen LogP contribution in [-0.4, -0.2) is 66.3 Å². The maximum absolute atomic E-state index is 13.5. The van der Waals surface area contributed by atoms with E-state index in [4.69, 9.17) is 16.3 Å². The molecule has 1 N–H and O–H groups in total. The van der Waals surface area contributed by atoms with Gasteiger partial charge in [0, 0.05) is 43.5 Å². The number of sulfonamides is 1. The Balaban J connectivity index is 1.34. The van der Waals surface area contributed by atoms with Crippen LogP contribution in [0.1, 0.15) is 18.1 Å². The molecule has 1 saturated heterocycles. The summed E-state index contributed by atoms with van der Waals surface area (Å²) < 4.78 is 37.6. The Morgan fingerprint density at radius 1 is 0.911 bits per heavy atom. The molecule has 45 heavy (non-hydrogen) atoms. The summed E-state index contributed by atoms with van der Waals surface area (Å²) in [5.41, 5.74) is 3.97. The summed E-state index contributed by atoms with van der Waals surface area (Å²) >= 11 is 6.92. The fourth-order valence-corrected chi connectivity index (χ4v) is 6.42. The van der Waals surface area contributed by atoms with Crippen LogP contribution in [0.3, 0.4) is 0 Å². The lowest BCUT2D eigenvalue weighted by Crippen LogP contribution is -2.44. The van der Waals surface area contributed by atoms with Crippen molar-refractivity contribution in [1.29, 1.82) is 0 Å². The molecule has 0 bridgehead atoms. The average Bonchev–Trinajstić information content (AvgIpc) is 3.53. The molecule has 2 aromatic heterocycles. The summed E-state index contributed by atoms with van der Waals surface area (Å²) in [7, 11) is -1.97. The molecule has 1 aliphatic heterocycles. The molecule has 0 amide bonds. The van der Waals surface area contributed by atoms with Gasteiger partial charge in [0.05, 0.1) is 24.1 Å². The second kappa shape index (κ2) is 13.3. The van der Waals surface area contributed by atoms with E-state index in [1.807, 2.05) is 79.7 Å². The second-order valence-electron chi connectivity index (χ2n) is 10.8. The Morgan fingerprint density at radius 3 is 2.33 bits per heavy atom. The molecular weight excluding hydrogens is 610 g/mol. The van der Waals surface area contributed by atoms with Crippen molar-refractivity contribution in [3.8, 4) is 22.9 Å². The second-order valence-corrected chi connectivity index (χ2v) is 12.9. The van der Waals surface area contributed by atoms with Crippen molar-refractivity contribution in [2.45, 2.75) is 24.8 Å². The molecule has 0 unspecified atom stereocenters. The Bertz CT molecular complexity index is 1880. The molecule has 6 rings (SSSR count). The average molecular weight is 644 g/mol. The van der Waals surface area contributed by atoms with Crippen LogP contribution in [0.5, 0.6) is 11.6 Å². The van der Waals surface area contributed by atoms with E-state index in [0.29, 0.717) is 29.4 Å². The Morgan fingerprint density at radius 2 is 1.62 bits per heavy atom. The molecule has 0 saturated carbocycles. The van der Waals surface area contributed by atoms with E-state index >= 15 is 0 Å². The van der Waals surface area contributed by atoms with E-state index in [2.05, 4.69) is 36.6 Å². The van der Waals surface area contributed by atoms with Crippen LogP contribution >= 0.6 is 11.6 Å². The third kappa shape index (κ3) is 6.95. The number of ether oxygens (including phenoxy) is 1. The summed E-state index contributed by atoms with van der Waals surface area (Å²) in [4.78, 5) is 13.8. The van der Waals surface area contributed by atoms with E-state index in [1.54, 1.807) is 10.7 Å². The topological polar surface area (TPSA) is 105 Å². The van der Waals surface area contributed by atoms with Gasteiger partial charge in [-0.2, -0.15) is 10.1 Å². The first-order chi connectivity index (χ1) is 21.8. The highest BCUT2D eigenvalue weighted by molar-refractivity contribution is 7.92. The fraction of sp³-hybridized carbons (Fsp3) is 0.242. The van der Waals surface area contributed by atoms with Crippen LogP contribution in [0, 0.1) is 0 Å². The number of anilines is 2. The van der Waals surface area contributed by atoms with Gasteiger partial charge in [-0.05, 0) is 31.2 Å². The monoisotopic (exact) mass is 643 g/mol. The minimum absolute atomic E-state index is 0.00625. The number of benzene rings is 3. The molecule has 0 aliphatic carbocycles. The maximum Gasteiger partial charge on any atom is 0.267 e. The summed E-state index contributed by atoms with van der Waals surface area (Å²) in [6.07, 6.45) is 3.33. The first-order valence-corrected chi connectivity index (χ1v) is 16.6. The minimum atomic E-state index is -4.08. The Labute approximate surface area is 268 Å². The van der Waals surface area contributed by atoms with Gasteiger partial charge in [0.2, 0.25) is 11.8 Å². The quantitative estimate of drug-likeness (QED) is 0.199. The van der Waals surface area contributed by atoms with Gasteiger partial charge in [0.15, 0.2) is 0 Å². The Kier molecular flexibility index (Phi) is 9.02. The molecule has 10 nitrogen and oxygen atoms in total. The predicted octanol–water partition coefficient (Wildman–Crippen LogP) is 5.95. The number of aromatic nitrogens is 4. The lowest BCUT2D eigenvalue weighted by atomic mass is 10.1. The SMILES string of the molecule is CCc1c(Oc2cccc(N3CCN(C)CC3)c2Cl)nc(NS(=O)(=O)c2cnn(Cc3ccccc3)c2)nc1-c1ccccc1. The lowest BCUT2D eigenvalue weighted by Gasteiger charge is -2.34. The number of piperazine rings is 1. The van der Waals surface area contributed by atoms with Crippen molar-refractivity contribution >= 4 is 33.3 Å². The summed E-state index contributed by atoms with van der Waals surface area (Å²) in [5, 5.41) is 4.73. The van der Waals surface area contributed by atoms with Crippen LogP contribution < -0.4 is 14.4 Å². The van der Waals surface area contributed by atoms with Gasteiger partial charge in [-0.1, -0.05) is 85.3 Å². The van der Waals surface area contributed by atoms with Crippen LogP contribution in [0.15, 0.2) is 96.2 Å². The highest BCUT2D eigenvalue weighted by atomic mass is 35.5. The van der Waals surface area contributed by atoms with E-state index < -0.39 is 10.0 Å². The van der Waals surface area contributed by atoms with Gasteiger partial charge in [-0.3, -0.25) is 4.68 Å². The normalized spacial score (nSPS) is 14.0. The zero-order chi connectivity index (χ0) is 31.4. The fourth-order valence-electron chi connectivity index (χ4n) is 5.24. The molecular formula is C33H34ClN7O3S. The van der Waals surface area contributed by atoms with E-state index in [9.17, 15) is 8.42 Å². The van der Waals surface area contributed by atoms with E-state index in [-0.39, 0.29) is 16.7 Å². The van der Waals surface area contributed by atoms with Crippen molar-refractivity contribution < 1.29 is 13.2 Å². The zero-order valence-corrected chi connectivity index (χ0v) is 26.7. The molecule has 1 fully saturated rings. The van der Waals surface area contributed by atoms with Gasteiger partial charge >= 0.3 is 0 Å². The number of halogens is 1. The van der Waals surface area contributed by atoms with Gasteiger partial charge in [-0.25, -0.2) is 18.1 Å². The Hall–Kier alpha value is -4.45. The first kappa shape index (κ1) is 30.6. The number of nitrogens with one attached hydrogen (secondary N) is 1. The number of hydrogen-bond acceptors (Lipinski definition) is 8. The highest BCUT2D eigenvalue weighted by Crippen LogP contribution is 2.39. The standard InChI is InChI=1S/C33H34ClN7O3S/c1-3-27-31(25-13-8-5-9-14-25)36-33(38-45(42,43)26-21-35-41(23-26)22-24-11-6-4-7-12-24)37-32(27)44-29-16-10-15-28(30(29)34)40-19-17-39(2)18-20-40/h4-16,21,23H,3,17-20,22H2,1-2H3,(H,36,37,38). The molecule has 0 spiro atoms. The number of nitrogens with zero attached hydrogens (tertiary/aromatic N) is 6. The molecule has 0 atom stereocenters. The first-order valence-electron chi connectivity index (χ1n) is 14.8. The lowest BCUT2D eigenvalue weighted by molar-refractivity contribution is 0.313. The van der Waals surface area contributed by atoms with Crippen molar-refractivity contribution in [1.82, 2.24) is 24.6 Å². The molecule has 232 valence electrons. The van der Waals surface area contributed by atoms with E-state index in [1.165, 1.54) is 12.4 Å². The van der Waals surface area contributed by atoms with Gasteiger partial charge < -0.3 is 14.5 Å². The van der Waals surface area contributed by atoms with Crippen LogP contribution in [-0.2, 0) is 23.0 Å². The van der Waals surface area contributed by atoms with Crippen molar-refractivity contribution in [2.75, 3.05) is 42.8 Å². The smallest absolute Gasteiger partial charge is 0.267 e. The molecule has 0 radical (unpaired) electrons. The van der Waals surface area contributed by atoms with Crippen LogP contribution in [0.2, 0.25) is 5.02 Å². The molecule has 3 heterocycles. The maximum atomic E-state index is 13.5. The van der Waals surface area contributed by atoms with Gasteiger partial charge in [-0.15, -0.1) is 0 Å². The number of rotatable bonds is 10. The van der Waals surface area contributed by atoms with Gasteiger partial charge in [0.1, 0.15) is 15.7 Å². The minimum Gasteiger partial charge on any atom is -0.437 e. The van der Waals surface area contributed by atoms with Crippen molar-refractivity contribution in [2.24, 2.45) is 0 Å². The highest BCUT2D eigenvalue weighted by Gasteiger charge is 2.24. The largest absolute Gasteiger partial charge is 0.437 e. The molecule has 5 aromatic rings. The zero-order valence-electron chi connectivity index (χ0n) is 25.1. The molecule has 1 aliphatic rings. The van der Waals surface area contributed by atoms with E-state index in [0.717, 1.165) is 48.6 Å². The molecule has 3 aromatic carbocycles. The summed E-state index contributed by atoms with van der Waals surface area (Å²) in [5.74, 6) is 0.529. The van der Waals surface area contributed by atoms with Gasteiger partial charge in [0.25, 0.3) is 10.0 Å². The van der Waals surface area contributed by atoms with Crippen LogP contribution in [0.4, 0.5) is 11.6 Å². The third-order valence-electron chi connectivity index (χ3n) is 7.70. The van der Waals surface area contributed by atoms with Crippen molar-refractivity contribution in [3.05, 3.63) is 107 Å². The summed E-state index contributed by atoms with van der Waals surface area (Å²) in [6, 6.07) is 24.9. The molecule has 12 heteroatoms. The number of likely N-dealkylation sites (N-methyl/N-ethyl adjacent to an activating group) is 1.